The fourth-order valence-electron chi connectivity index (χ4n) is 0.802. The lowest BCUT2D eigenvalue weighted by Crippen LogP contribution is -2.02. The lowest BCUT2D eigenvalue weighted by molar-refractivity contribution is 0.368. The van der Waals surface area contributed by atoms with E-state index in [2.05, 4.69) is 18.0 Å². The van der Waals surface area contributed by atoms with E-state index in [9.17, 15) is 17.3 Å². The van der Waals surface area contributed by atoms with Crippen LogP contribution in [0.4, 0.5) is 17.3 Å². The molecular weight excluding hydrogens is 197 g/mol. The highest BCUT2D eigenvalue weighted by Crippen LogP contribution is 2.06. The molecule has 0 aromatic carbocycles. The predicted octanol–water partition coefficient (Wildman–Crippen LogP) is 3.33. The first-order valence-electron chi connectivity index (χ1n) is 4.20. The van der Waals surface area contributed by atoms with Crippen LogP contribution >= 0.6 is 0 Å². The van der Waals surface area contributed by atoms with E-state index in [1.165, 1.54) is 12.1 Å². The van der Waals surface area contributed by atoms with E-state index in [4.69, 9.17) is 0 Å². The Morgan fingerprint density at radius 3 is 2.14 bits per heavy atom. The molecule has 0 atom stereocenters. The first-order valence-corrected chi connectivity index (χ1v) is 4.20. The number of aryl methyl sites for hydroxylation is 1. The summed E-state index contributed by atoms with van der Waals surface area (Å²) in [6.07, 6.45) is 4.11. The lowest BCUT2D eigenvalue weighted by atomic mass is 10.2. The molecule has 1 aromatic rings. The molecule has 0 aliphatic rings. The Morgan fingerprint density at radius 2 is 1.79 bits per heavy atom. The number of rotatable bonds is 2. The summed E-state index contributed by atoms with van der Waals surface area (Å²) in [5.41, 5.74) is 1.19. The van der Waals surface area contributed by atoms with Gasteiger partial charge in [-0.25, -0.2) is 0 Å². The Morgan fingerprint density at radius 1 is 1.21 bits per heavy atom. The molecule has 0 unspecified atom stereocenters. The van der Waals surface area contributed by atoms with Crippen molar-refractivity contribution in [2.75, 3.05) is 0 Å². The van der Waals surface area contributed by atoms with E-state index >= 15 is 0 Å². The van der Waals surface area contributed by atoms with Crippen LogP contribution in [-0.4, -0.2) is 12.2 Å². The molecule has 0 N–H and O–H groups in total. The van der Waals surface area contributed by atoms with Gasteiger partial charge in [-0.1, -0.05) is 19.4 Å². The van der Waals surface area contributed by atoms with Gasteiger partial charge in [0.1, 0.15) is 0 Å². The minimum atomic E-state index is -6.00. The van der Waals surface area contributed by atoms with Crippen LogP contribution in [0, 0.1) is 0 Å². The van der Waals surface area contributed by atoms with Crippen LogP contribution in [0.25, 0.3) is 0 Å². The summed E-state index contributed by atoms with van der Waals surface area (Å²) in [4.78, 5) is 4.17. The normalized spacial score (nSPS) is 10.4. The zero-order valence-electron chi connectivity index (χ0n) is 7.76. The van der Waals surface area contributed by atoms with Crippen LogP contribution in [-0.2, 0) is 6.42 Å². The molecule has 0 saturated carbocycles. The number of pyridine rings is 1. The summed E-state index contributed by atoms with van der Waals surface area (Å²) in [5, 5.41) is 0. The molecule has 0 aliphatic heterocycles. The molecular formula is C8H11BF4N-. The Labute approximate surface area is 80.3 Å². The van der Waals surface area contributed by atoms with Crippen molar-refractivity contribution in [2.24, 2.45) is 0 Å². The van der Waals surface area contributed by atoms with Gasteiger partial charge >= 0.3 is 7.25 Å². The number of hydrogen-bond donors (Lipinski definition) is 0. The predicted molar refractivity (Wildman–Crippen MR) is 48.4 cm³/mol. The zero-order chi connectivity index (χ0) is 11.0. The van der Waals surface area contributed by atoms with Gasteiger partial charge in [0.05, 0.1) is 0 Å². The average Bonchev–Trinajstić information content (AvgIpc) is 2.03. The monoisotopic (exact) mass is 208 g/mol. The molecule has 14 heavy (non-hydrogen) atoms. The van der Waals surface area contributed by atoms with E-state index in [0.717, 1.165) is 6.42 Å². The van der Waals surface area contributed by atoms with E-state index in [1.807, 2.05) is 18.3 Å². The number of aromatic nitrogens is 1. The number of nitrogens with zero attached hydrogens (tertiary/aromatic N) is 1. The van der Waals surface area contributed by atoms with Gasteiger partial charge < -0.3 is 17.3 Å². The van der Waals surface area contributed by atoms with Crippen LogP contribution in [0.5, 0.6) is 0 Å². The number of halogens is 4. The molecule has 0 fully saturated rings. The zero-order valence-corrected chi connectivity index (χ0v) is 7.76. The van der Waals surface area contributed by atoms with Crippen LogP contribution in [0.2, 0.25) is 0 Å². The topological polar surface area (TPSA) is 12.9 Å². The van der Waals surface area contributed by atoms with E-state index in [-0.39, 0.29) is 0 Å². The maximum atomic E-state index is 9.75. The number of hydrogen-bond acceptors (Lipinski definition) is 1. The molecule has 0 radical (unpaired) electrons. The molecule has 0 spiro atoms. The maximum absolute atomic E-state index is 9.75. The van der Waals surface area contributed by atoms with Gasteiger partial charge in [-0.2, -0.15) is 0 Å². The van der Waals surface area contributed by atoms with Crippen LogP contribution in [0.15, 0.2) is 24.4 Å². The molecule has 1 rings (SSSR count). The van der Waals surface area contributed by atoms with Gasteiger partial charge in [-0.15, -0.1) is 0 Å². The molecule has 1 heterocycles. The lowest BCUT2D eigenvalue weighted by Gasteiger charge is -1.94. The molecule has 80 valence electrons. The molecule has 0 bridgehead atoms. The minimum absolute atomic E-state index is 1.10. The Balaban J connectivity index is 0.000000292. The van der Waals surface area contributed by atoms with Crippen LogP contribution in [0.3, 0.4) is 0 Å². The third kappa shape index (κ3) is 10.9. The summed E-state index contributed by atoms with van der Waals surface area (Å²) in [5.74, 6) is 0. The van der Waals surface area contributed by atoms with Crippen molar-refractivity contribution in [3.05, 3.63) is 30.1 Å². The minimum Gasteiger partial charge on any atom is -0.418 e. The molecule has 1 aromatic heterocycles. The summed E-state index contributed by atoms with van der Waals surface area (Å²) in [6.45, 7) is 2.16. The standard InChI is InChI=1S/C8H11N.BF4/c1-2-5-8-6-3-4-7-9-8;2-1(3,4)5/h3-4,6-7H,2,5H2,1H3;/q;-1. The second-order valence-corrected chi connectivity index (χ2v) is 2.57. The van der Waals surface area contributed by atoms with Crippen molar-refractivity contribution < 1.29 is 17.3 Å². The highest BCUT2D eigenvalue weighted by atomic mass is 19.5. The van der Waals surface area contributed by atoms with Gasteiger partial charge in [-0.05, 0) is 18.6 Å². The summed E-state index contributed by atoms with van der Waals surface area (Å²) in [7, 11) is -6.00. The van der Waals surface area contributed by atoms with Crippen molar-refractivity contribution in [3.8, 4) is 0 Å². The molecule has 1 nitrogen and oxygen atoms in total. The quantitative estimate of drug-likeness (QED) is 0.536. The van der Waals surface area contributed by atoms with E-state index in [1.54, 1.807) is 0 Å². The van der Waals surface area contributed by atoms with Crippen molar-refractivity contribution in [2.45, 2.75) is 19.8 Å². The Hall–Kier alpha value is -1.07. The second-order valence-electron chi connectivity index (χ2n) is 2.57. The second kappa shape index (κ2) is 6.40. The summed E-state index contributed by atoms with van der Waals surface area (Å²) < 4.78 is 39.0. The fourth-order valence-corrected chi connectivity index (χ4v) is 0.802. The van der Waals surface area contributed by atoms with Crippen molar-refractivity contribution >= 4 is 7.25 Å². The molecule has 0 aliphatic carbocycles. The third-order valence-electron chi connectivity index (χ3n) is 1.23. The first kappa shape index (κ1) is 12.9. The van der Waals surface area contributed by atoms with Gasteiger partial charge in [0, 0.05) is 11.9 Å². The van der Waals surface area contributed by atoms with Crippen molar-refractivity contribution in [1.29, 1.82) is 0 Å². The maximum Gasteiger partial charge on any atom is 0.673 e. The van der Waals surface area contributed by atoms with Gasteiger partial charge in [-0.3, -0.25) is 4.98 Å². The average molecular weight is 208 g/mol. The van der Waals surface area contributed by atoms with Gasteiger partial charge in [0.15, 0.2) is 0 Å². The molecule has 0 saturated heterocycles. The SMILES string of the molecule is CCCc1ccccn1.F[B-](F)(F)F. The van der Waals surface area contributed by atoms with E-state index in [0.29, 0.717) is 0 Å². The summed E-state index contributed by atoms with van der Waals surface area (Å²) in [6, 6.07) is 6.03. The largest absolute Gasteiger partial charge is 0.673 e. The van der Waals surface area contributed by atoms with Crippen LogP contribution in [0.1, 0.15) is 19.0 Å². The van der Waals surface area contributed by atoms with Gasteiger partial charge in [0.2, 0.25) is 0 Å². The molecule has 0 amide bonds. The smallest absolute Gasteiger partial charge is 0.418 e. The van der Waals surface area contributed by atoms with Crippen molar-refractivity contribution in [3.63, 3.8) is 0 Å². The third-order valence-corrected chi connectivity index (χ3v) is 1.23. The van der Waals surface area contributed by atoms with Gasteiger partial charge in [0.25, 0.3) is 0 Å². The Kier molecular flexibility index (Phi) is 5.91. The Bertz CT molecular complexity index is 231. The van der Waals surface area contributed by atoms with Crippen molar-refractivity contribution in [1.82, 2.24) is 4.98 Å². The van der Waals surface area contributed by atoms with E-state index < -0.39 is 7.25 Å². The molecule has 6 heteroatoms. The highest BCUT2D eigenvalue weighted by molar-refractivity contribution is 6.50. The highest BCUT2D eigenvalue weighted by Gasteiger charge is 2.20. The fraction of sp³-hybridized carbons (Fsp3) is 0.375. The first-order chi connectivity index (χ1) is 6.43. The summed E-state index contributed by atoms with van der Waals surface area (Å²) >= 11 is 0. The van der Waals surface area contributed by atoms with Crippen LogP contribution < -0.4 is 0 Å².